The Hall–Kier alpha value is -0.830. The zero-order chi connectivity index (χ0) is 18.2. The van der Waals surface area contributed by atoms with Crippen molar-refractivity contribution in [2.75, 3.05) is 64.9 Å². The van der Waals surface area contributed by atoms with Gasteiger partial charge in [-0.1, -0.05) is 0 Å². The van der Waals surface area contributed by atoms with E-state index < -0.39 is 0 Å². The summed E-state index contributed by atoms with van der Waals surface area (Å²) in [6, 6.07) is 4.56. The molecule has 28 heavy (non-hydrogen) atoms. The van der Waals surface area contributed by atoms with Crippen LogP contribution in [-0.2, 0) is 9.53 Å². The van der Waals surface area contributed by atoms with Crippen molar-refractivity contribution < 1.29 is 13.9 Å². The van der Waals surface area contributed by atoms with Gasteiger partial charge in [0.25, 0.3) is 0 Å². The molecule has 1 fully saturated rings. The fraction of sp³-hybridized carbons (Fsp3) is 0.611. The summed E-state index contributed by atoms with van der Waals surface area (Å²) < 4.78 is 18.7. The number of ether oxygens (including phenoxy) is 1. The number of rotatable bonds is 8. The number of methoxy groups -OCH3 is 1. The molecule has 6 nitrogen and oxygen atoms in total. The summed E-state index contributed by atoms with van der Waals surface area (Å²) in [4.78, 5) is 16.6. The predicted molar refractivity (Wildman–Crippen MR) is 119 cm³/mol. The minimum atomic E-state index is -0.285. The molecule has 1 heterocycles. The lowest BCUT2D eigenvalue weighted by Gasteiger charge is -2.36. The smallest absolute Gasteiger partial charge is 0.234 e. The molecule has 1 aromatic carbocycles. The van der Waals surface area contributed by atoms with Crippen LogP contribution in [0.3, 0.4) is 0 Å². The first-order chi connectivity index (χ1) is 12.0. The Labute approximate surface area is 185 Å². The van der Waals surface area contributed by atoms with E-state index in [0.29, 0.717) is 13.2 Å². The highest BCUT2D eigenvalue weighted by atomic mass is 35.5. The van der Waals surface area contributed by atoms with Gasteiger partial charge < -0.3 is 25.2 Å². The highest BCUT2D eigenvalue weighted by molar-refractivity contribution is 5.86. The Morgan fingerprint density at radius 1 is 1.21 bits per heavy atom. The maximum atomic E-state index is 13.8. The molecule has 0 aliphatic carbocycles. The first kappa shape index (κ1) is 29.4. The second-order valence-electron chi connectivity index (χ2n) is 6.45. The van der Waals surface area contributed by atoms with Crippen LogP contribution >= 0.6 is 37.2 Å². The maximum absolute atomic E-state index is 13.8. The van der Waals surface area contributed by atoms with Crippen LogP contribution in [0.25, 0.3) is 0 Å². The molecule has 0 aromatic heterocycles. The van der Waals surface area contributed by atoms with Gasteiger partial charge in [-0.3, -0.25) is 4.79 Å². The highest BCUT2D eigenvalue weighted by Crippen LogP contribution is 2.28. The van der Waals surface area contributed by atoms with Crippen molar-refractivity contribution in [3.8, 4) is 0 Å². The second-order valence-corrected chi connectivity index (χ2v) is 6.45. The van der Waals surface area contributed by atoms with Gasteiger partial charge in [0.05, 0.1) is 19.2 Å². The number of hydrogen-bond acceptors (Lipinski definition) is 5. The Balaban J connectivity index is 0. The molecule has 10 heteroatoms. The topological polar surface area (TPSA) is 56.8 Å². The Morgan fingerprint density at radius 3 is 2.46 bits per heavy atom. The summed E-state index contributed by atoms with van der Waals surface area (Å²) in [5, 5.41) is 5.95. The van der Waals surface area contributed by atoms with Gasteiger partial charge in [-0.05, 0) is 32.2 Å². The molecule has 1 saturated heterocycles. The Kier molecular flexibility index (Phi) is 15.8. The summed E-state index contributed by atoms with van der Waals surface area (Å²) in [6.45, 7) is 7.02. The van der Waals surface area contributed by atoms with Crippen LogP contribution in [0, 0.1) is 5.82 Å². The molecule has 1 amide bonds. The minimum Gasteiger partial charge on any atom is -0.383 e. The molecule has 1 unspecified atom stereocenters. The van der Waals surface area contributed by atoms with E-state index in [0.717, 1.165) is 37.4 Å². The van der Waals surface area contributed by atoms with E-state index in [4.69, 9.17) is 4.74 Å². The van der Waals surface area contributed by atoms with Crippen molar-refractivity contribution in [3.05, 3.63) is 29.6 Å². The molecule has 1 aromatic rings. The van der Waals surface area contributed by atoms with Crippen molar-refractivity contribution in [2.24, 2.45) is 0 Å². The van der Waals surface area contributed by atoms with E-state index in [-0.39, 0.29) is 61.5 Å². The lowest BCUT2D eigenvalue weighted by atomic mass is 10.0. The molecule has 0 spiro atoms. The number of carbonyl (C=O) groups is 1. The third kappa shape index (κ3) is 9.11. The molecule has 1 atom stereocenters. The molecule has 1 aliphatic heterocycles. The van der Waals surface area contributed by atoms with E-state index >= 15 is 0 Å². The standard InChI is InChI=1S/C18H29FN4O2.3ClH/c1-14(21-18(24)13-20-6-11-25-3)16-12-15(19)4-5-17(16)23-9-7-22(2)8-10-23;;;/h4-5,12,14,20H,6-11,13H2,1-3H3,(H,21,24);3*1H. The fourth-order valence-electron chi connectivity index (χ4n) is 2.95. The summed E-state index contributed by atoms with van der Waals surface area (Å²) in [5.74, 6) is -0.399. The van der Waals surface area contributed by atoms with Crippen molar-refractivity contribution >= 4 is 48.8 Å². The summed E-state index contributed by atoms with van der Waals surface area (Å²) in [6.07, 6.45) is 0. The third-order valence-electron chi connectivity index (χ3n) is 4.45. The molecule has 2 N–H and O–H groups in total. The molecule has 1 aliphatic rings. The average molecular weight is 462 g/mol. The van der Waals surface area contributed by atoms with Crippen molar-refractivity contribution in [1.29, 1.82) is 0 Å². The van der Waals surface area contributed by atoms with Crippen LogP contribution in [0.1, 0.15) is 18.5 Å². The summed E-state index contributed by atoms with van der Waals surface area (Å²) >= 11 is 0. The van der Waals surface area contributed by atoms with Gasteiger partial charge in [-0.2, -0.15) is 0 Å². The second kappa shape index (κ2) is 15.1. The summed E-state index contributed by atoms with van der Waals surface area (Å²) in [7, 11) is 3.72. The van der Waals surface area contributed by atoms with Gasteiger partial charge in [0.2, 0.25) is 5.91 Å². The molecule has 2 rings (SSSR count). The number of carbonyl (C=O) groups excluding carboxylic acids is 1. The van der Waals surface area contributed by atoms with Crippen LogP contribution in [-0.4, -0.2) is 70.8 Å². The third-order valence-corrected chi connectivity index (χ3v) is 4.45. The van der Waals surface area contributed by atoms with Gasteiger partial charge in [-0.15, -0.1) is 37.2 Å². The number of nitrogens with one attached hydrogen (secondary N) is 2. The van der Waals surface area contributed by atoms with Crippen LogP contribution in [0.15, 0.2) is 18.2 Å². The van der Waals surface area contributed by atoms with Crippen LogP contribution < -0.4 is 15.5 Å². The minimum absolute atomic E-state index is 0. The normalized spacial score (nSPS) is 14.9. The van der Waals surface area contributed by atoms with E-state index in [2.05, 4.69) is 27.5 Å². The quantitative estimate of drug-likeness (QED) is 0.582. The number of amides is 1. The van der Waals surface area contributed by atoms with E-state index in [9.17, 15) is 9.18 Å². The molecular weight excluding hydrogens is 430 g/mol. The Bertz CT molecular complexity index is 576. The van der Waals surface area contributed by atoms with Gasteiger partial charge in [0.1, 0.15) is 5.82 Å². The number of hydrogen-bond donors (Lipinski definition) is 2. The van der Waals surface area contributed by atoms with E-state index in [1.165, 1.54) is 12.1 Å². The number of piperazine rings is 1. The number of anilines is 1. The molecule has 0 bridgehead atoms. The summed E-state index contributed by atoms with van der Waals surface area (Å²) in [5.41, 5.74) is 1.81. The monoisotopic (exact) mass is 460 g/mol. The van der Waals surface area contributed by atoms with Gasteiger partial charge in [0.15, 0.2) is 0 Å². The number of likely N-dealkylation sites (N-methyl/N-ethyl adjacent to an activating group) is 1. The van der Waals surface area contributed by atoms with Gasteiger partial charge >= 0.3 is 0 Å². The molecule has 0 radical (unpaired) electrons. The zero-order valence-corrected chi connectivity index (χ0v) is 19.0. The van der Waals surface area contributed by atoms with Gasteiger partial charge in [0, 0.05) is 51.1 Å². The first-order valence-electron chi connectivity index (χ1n) is 8.73. The maximum Gasteiger partial charge on any atom is 0.234 e. The lowest BCUT2D eigenvalue weighted by molar-refractivity contribution is -0.120. The zero-order valence-electron chi connectivity index (χ0n) is 16.6. The van der Waals surface area contributed by atoms with Crippen molar-refractivity contribution in [2.45, 2.75) is 13.0 Å². The molecular formula is C18H32Cl3FN4O2. The molecule has 164 valence electrons. The van der Waals surface area contributed by atoms with Crippen molar-refractivity contribution in [1.82, 2.24) is 15.5 Å². The number of halogens is 4. The van der Waals surface area contributed by atoms with Crippen LogP contribution in [0.4, 0.5) is 10.1 Å². The fourth-order valence-corrected chi connectivity index (χ4v) is 2.95. The number of nitrogens with zero attached hydrogens (tertiary/aromatic N) is 2. The lowest BCUT2D eigenvalue weighted by Crippen LogP contribution is -2.45. The highest BCUT2D eigenvalue weighted by Gasteiger charge is 2.21. The number of benzene rings is 1. The van der Waals surface area contributed by atoms with Crippen LogP contribution in [0.2, 0.25) is 0 Å². The van der Waals surface area contributed by atoms with Crippen LogP contribution in [0.5, 0.6) is 0 Å². The average Bonchev–Trinajstić information content (AvgIpc) is 2.59. The van der Waals surface area contributed by atoms with Crippen molar-refractivity contribution in [3.63, 3.8) is 0 Å². The first-order valence-corrected chi connectivity index (χ1v) is 8.73. The molecule has 0 saturated carbocycles. The largest absolute Gasteiger partial charge is 0.383 e. The Morgan fingerprint density at radius 2 is 1.86 bits per heavy atom. The van der Waals surface area contributed by atoms with E-state index in [1.54, 1.807) is 7.11 Å². The van der Waals surface area contributed by atoms with E-state index in [1.807, 2.05) is 13.0 Å². The predicted octanol–water partition coefficient (Wildman–Crippen LogP) is 2.26. The SMILES string of the molecule is COCCNCC(=O)NC(C)c1cc(F)ccc1N1CCN(C)CC1.Cl.Cl.Cl. The van der Waals surface area contributed by atoms with Gasteiger partial charge in [-0.25, -0.2) is 4.39 Å².